The lowest BCUT2D eigenvalue weighted by Crippen LogP contribution is -2.63. The van der Waals surface area contributed by atoms with E-state index in [2.05, 4.69) is 0 Å². The van der Waals surface area contributed by atoms with E-state index in [0.29, 0.717) is 16.9 Å². The van der Waals surface area contributed by atoms with Crippen molar-refractivity contribution in [1.82, 2.24) is 4.90 Å². The molecule has 0 unspecified atom stereocenters. The summed E-state index contributed by atoms with van der Waals surface area (Å²) in [5.41, 5.74) is 3.63. The molecular weight excluding hydrogens is 492 g/mol. The SMILES string of the molecule is COc1cccc(-c2ccc(O)c3c2C[C@H]2C[C@H]4[C@H](N(C)C)C(O)=C(C(N)=O)C(=O)[C@@]4(O)C(O)=C2C3=O)c1. The summed E-state index contributed by atoms with van der Waals surface area (Å²) in [7, 11) is 4.72. The van der Waals surface area contributed by atoms with E-state index in [1.165, 1.54) is 18.1 Å². The standard InChI is InChI=1S/C28H28N2O8/c1-30(2)22-17-11-13-10-16-15(12-5-4-6-14(9-12)38-3)7-8-18(31)20(16)23(32)19(13)25(34)28(17,37)26(35)21(24(22)33)27(29)36/h4-9,13,17,22,31,33-34,37H,10-11H2,1-3H3,(H2,29,36)/t13-,17-,22-,28-/m0/s1. The number of amides is 1. The smallest absolute Gasteiger partial charge is 0.255 e. The number of aliphatic hydroxyl groups excluding tert-OH is 2. The summed E-state index contributed by atoms with van der Waals surface area (Å²) in [6, 6.07) is 9.27. The van der Waals surface area contributed by atoms with E-state index in [-0.39, 0.29) is 29.7 Å². The number of rotatable bonds is 4. The van der Waals surface area contributed by atoms with Gasteiger partial charge >= 0.3 is 0 Å². The lowest BCUT2D eigenvalue weighted by Gasteiger charge is -2.50. The number of primary amides is 1. The number of methoxy groups -OCH3 is 1. The van der Waals surface area contributed by atoms with Crippen LogP contribution >= 0.6 is 0 Å². The van der Waals surface area contributed by atoms with Crippen molar-refractivity contribution in [3.8, 4) is 22.6 Å². The van der Waals surface area contributed by atoms with Crippen LogP contribution < -0.4 is 10.5 Å². The van der Waals surface area contributed by atoms with Gasteiger partial charge in [-0.15, -0.1) is 0 Å². The number of ether oxygens (including phenoxy) is 1. The molecule has 2 aromatic rings. The number of hydrogen-bond acceptors (Lipinski definition) is 9. The van der Waals surface area contributed by atoms with Crippen molar-refractivity contribution in [3.05, 3.63) is 70.2 Å². The van der Waals surface area contributed by atoms with Gasteiger partial charge in [0.25, 0.3) is 5.91 Å². The fraction of sp³-hybridized carbons (Fsp3) is 0.321. The minimum Gasteiger partial charge on any atom is -0.510 e. The average molecular weight is 521 g/mol. The first kappa shape index (κ1) is 25.5. The molecule has 0 fully saturated rings. The first-order chi connectivity index (χ1) is 17.9. The number of carbonyl (C=O) groups is 3. The Labute approximate surface area is 218 Å². The maximum Gasteiger partial charge on any atom is 0.255 e. The molecule has 0 heterocycles. The molecule has 6 N–H and O–H groups in total. The van der Waals surface area contributed by atoms with Crippen molar-refractivity contribution >= 4 is 17.5 Å². The lowest BCUT2D eigenvalue weighted by atomic mass is 9.58. The Morgan fingerprint density at radius 1 is 1.13 bits per heavy atom. The lowest BCUT2D eigenvalue weighted by molar-refractivity contribution is -0.148. The van der Waals surface area contributed by atoms with Crippen LogP contribution in [0.15, 0.2) is 59.1 Å². The Bertz CT molecular complexity index is 1470. The molecule has 0 radical (unpaired) electrons. The number of nitrogens with zero attached hydrogens (tertiary/aromatic N) is 1. The molecule has 198 valence electrons. The number of hydrogen-bond donors (Lipinski definition) is 5. The molecule has 2 aromatic carbocycles. The monoisotopic (exact) mass is 520 g/mol. The third kappa shape index (κ3) is 3.37. The van der Waals surface area contributed by atoms with Gasteiger partial charge in [0, 0.05) is 11.5 Å². The number of phenolic OH excluding ortho intramolecular Hbond substituents is 1. The van der Waals surface area contributed by atoms with E-state index in [0.717, 1.165) is 5.56 Å². The molecule has 4 atom stereocenters. The molecular formula is C28H28N2O8. The van der Waals surface area contributed by atoms with Crippen molar-refractivity contribution in [1.29, 1.82) is 0 Å². The summed E-state index contributed by atoms with van der Waals surface area (Å²) >= 11 is 0. The number of fused-ring (bicyclic) bond motifs is 3. The summed E-state index contributed by atoms with van der Waals surface area (Å²) in [4.78, 5) is 40.8. The van der Waals surface area contributed by atoms with Crippen LogP contribution in [-0.4, -0.2) is 75.6 Å². The van der Waals surface area contributed by atoms with Crippen LogP contribution in [-0.2, 0) is 16.0 Å². The molecule has 38 heavy (non-hydrogen) atoms. The molecule has 10 nitrogen and oxygen atoms in total. The Morgan fingerprint density at radius 3 is 2.47 bits per heavy atom. The predicted octanol–water partition coefficient (Wildman–Crippen LogP) is 1.80. The number of benzene rings is 2. The minimum absolute atomic E-state index is 0.0268. The minimum atomic E-state index is -2.66. The van der Waals surface area contributed by atoms with Gasteiger partial charge in [-0.05, 0) is 67.7 Å². The molecule has 5 rings (SSSR count). The quantitative estimate of drug-likeness (QED) is 0.377. The zero-order valence-corrected chi connectivity index (χ0v) is 21.1. The zero-order valence-electron chi connectivity index (χ0n) is 21.1. The fourth-order valence-electron chi connectivity index (χ4n) is 6.31. The third-order valence-electron chi connectivity index (χ3n) is 7.99. The molecule has 1 amide bonds. The highest BCUT2D eigenvalue weighted by Gasteiger charge is 2.63. The van der Waals surface area contributed by atoms with Gasteiger partial charge in [-0.1, -0.05) is 18.2 Å². The van der Waals surface area contributed by atoms with E-state index in [1.807, 2.05) is 6.07 Å². The Kier molecular flexibility index (Phi) is 5.85. The van der Waals surface area contributed by atoms with Gasteiger partial charge in [0.15, 0.2) is 11.4 Å². The Balaban J connectivity index is 1.72. The Hall–Kier alpha value is -4.15. The number of nitrogens with two attached hydrogens (primary N) is 1. The topological polar surface area (TPSA) is 171 Å². The first-order valence-corrected chi connectivity index (χ1v) is 12.1. The van der Waals surface area contributed by atoms with Gasteiger partial charge < -0.3 is 30.9 Å². The van der Waals surface area contributed by atoms with Crippen molar-refractivity contribution in [2.75, 3.05) is 21.2 Å². The van der Waals surface area contributed by atoms with Crippen LogP contribution in [0.25, 0.3) is 11.1 Å². The molecule has 0 spiro atoms. The maximum absolute atomic E-state index is 13.8. The molecule has 0 bridgehead atoms. The predicted molar refractivity (Wildman–Crippen MR) is 136 cm³/mol. The van der Waals surface area contributed by atoms with Crippen LogP contribution in [0.4, 0.5) is 0 Å². The molecule has 3 aliphatic carbocycles. The number of phenols is 1. The van der Waals surface area contributed by atoms with E-state index in [4.69, 9.17) is 10.5 Å². The number of likely N-dealkylation sites (N-methyl/N-ethyl adjacent to an activating group) is 1. The van der Waals surface area contributed by atoms with Crippen molar-refractivity contribution in [2.24, 2.45) is 17.6 Å². The third-order valence-corrected chi connectivity index (χ3v) is 7.99. The van der Waals surface area contributed by atoms with Gasteiger partial charge in [-0.3, -0.25) is 19.3 Å². The highest BCUT2D eigenvalue weighted by Crippen LogP contribution is 2.53. The molecule has 0 aromatic heterocycles. The maximum atomic E-state index is 13.8. The summed E-state index contributed by atoms with van der Waals surface area (Å²) in [6.07, 6.45) is 0.231. The second kappa shape index (κ2) is 8.71. The molecule has 3 aliphatic rings. The van der Waals surface area contributed by atoms with Crippen LogP contribution in [0, 0.1) is 11.8 Å². The average Bonchev–Trinajstić information content (AvgIpc) is 2.86. The summed E-state index contributed by atoms with van der Waals surface area (Å²) < 4.78 is 5.33. The second-order valence-electron chi connectivity index (χ2n) is 10.2. The molecule has 0 saturated carbocycles. The highest BCUT2D eigenvalue weighted by molar-refractivity contribution is 6.24. The first-order valence-electron chi connectivity index (χ1n) is 12.1. The normalized spacial score (nSPS) is 26.7. The van der Waals surface area contributed by atoms with Gasteiger partial charge in [0.2, 0.25) is 5.78 Å². The number of aromatic hydroxyl groups is 1. The summed E-state index contributed by atoms with van der Waals surface area (Å²) in [5, 5.41) is 44.6. The van der Waals surface area contributed by atoms with Gasteiger partial charge in [0.05, 0.1) is 18.7 Å². The van der Waals surface area contributed by atoms with Gasteiger partial charge in [0.1, 0.15) is 28.6 Å². The van der Waals surface area contributed by atoms with Crippen molar-refractivity contribution in [2.45, 2.75) is 24.5 Å². The van der Waals surface area contributed by atoms with Gasteiger partial charge in [-0.25, -0.2) is 0 Å². The fourth-order valence-corrected chi connectivity index (χ4v) is 6.31. The van der Waals surface area contributed by atoms with Crippen LogP contribution in [0.1, 0.15) is 22.3 Å². The number of allylic oxidation sites excluding steroid dienone is 1. The van der Waals surface area contributed by atoms with Gasteiger partial charge in [-0.2, -0.15) is 0 Å². The Morgan fingerprint density at radius 2 is 1.84 bits per heavy atom. The van der Waals surface area contributed by atoms with Crippen LogP contribution in [0.3, 0.4) is 0 Å². The molecule has 0 aliphatic heterocycles. The summed E-state index contributed by atoms with van der Waals surface area (Å²) in [6.45, 7) is 0. The largest absolute Gasteiger partial charge is 0.510 e. The van der Waals surface area contributed by atoms with E-state index < -0.39 is 58.0 Å². The van der Waals surface area contributed by atoms with Crippen LogP contribution in [0.5, 0.6) is 11.5 Å². The summed E-state index contributed by atoms with van der Waals surface area (Å²) in [5.74, 6) is -6.15. The van der Waals surface area contributed by atoms with E-state index >= 15 is 0 Å². The number of carbonyl (C=O) groups excluding carboxylic acids is 3. The van der Waals surface area contributed by atoms with Crippen LogP contribution in [0.2, 0.25) is 0 Å². The number of ketones is 2. The zero-order chi connectivity index (χ0) is 27.7. The van der Waals surface area contributed by atoms with Crippen molar-refractivity contribution < 1.29 is 39.5 Å². The van der Waals surface area contributed by atoms with E-state index in [1.54, 1.807) is 38.4 Å². The second-order valence-corrected chi connectivity index (χ2v) is 10.2. The number of aliphatic hydroxyl groups is 3. The highest BCUT2D eigenvalue weighted by atomic mass is 16.5. The van der Waals surface area contributed by atoms with Crippen molar-refractivity contribution in [3.63, 3.8) is 0 Å². The number of Topliss-reactive ketones (excluding diaryl/α,β-unsaturated/α-hetero) is 2. The molecule has 10 heteroatoms. The van der Waals surface area contributed by atoms with E-state index in [9.17, 15) is 34.8 Å². The molecule has 0 saturated heterocycles.